The quantitative estimate of drug-likeness (QED) is 0.433. The molecule has 0 aromatic rings. The van der Waals surface area contributed by atoms with Gasteiger partial charge in [0.1, 0.15) is 5.78 Å². The Bertz CT molecular complexity index is 61.6. The van der Waals surface area contributed by atoms with E-state index in [0.717, 1.165) is 7.11 Å². The Kier molecular flexibility index (Phi) is 117. The number of carbonyl (C=O) groups is 2. The normalized spacial score (nSPS) is 4.55. The Balaban J connectivity index is -0.0000000315. The van der Waals surface area contributed by atoms with Crippen molar-refractivity contribution in [2.24, 2.45) is 0 Å². The molecule has 0 amide bonds. The largest absolute Gasteiger partial charge is 0.483 e. The van der Waals surface area contributed by atoms with Crippen LogP contribution in [0.3, 0.4) is 0 Å². The number of carbonyl (C=O) groups excluding carboxylic acids is 1. The molecule has 0 saturated heterocycles. The second kappa shape index (κ2) is 57.5. The first-order valence-corrected chi connectivity index (χ1v) is 3.28. The molecule has 0 unspecified atom stereocenters. The molecule has 70 valence electrons. The number of rotatable bonds is 0. The number of aliphatic hydroxyl groups is 1. The molecule has 0 fully saturated rings. The van der Waals surface area contributed by atoms with E-state index in [0.29, 0.717) is 0 Å². The van der Waals surface area contributed by atoms with Gasteiger partial charge in [-0.2, -0.15) is 0 Å². The predicted molar refractivity (Wildman–Crippen MR) is 45.0 cm³/mol. The van der Waals surface area contributed by atoms with Crippen LogP contribution in [0.4, 0.5) is 0 Å². The fourth-order valence-electron chi connectivity index (χ4n) is 0. The molecule has 2 N–H and O–H groups in total. The predicted octanol–water partition coefficient (Wildman–Crippen LogP) is 0.760. The van der Waals surface area contributed by atoms with Gasteiger partial charge in [-0.25, -0.2) is 0 Å². The highest BCUT2D eigenvalue weighted by Gasteiger charge is 1.62. The smallest absolute Gasteiger partial charge is 0.290 e. The van der Waals surface area contributed by atoms with Gasteiger partial charge in [-0.05, 0) is 13.8 Å². The van der Waals surface area contributed by atoms with Crippen LogP contribution in [0.2, 0.25) is 0 Å². The van der Waals surface area contributed by atoms with Crippen molar-refractivity contribution < 1.29 is 19.8 Å². The van der Waals surface area contributed by atoms with E-state index >= 15 is 0 Å². The Labute approximate surface area is 71.8 Å². The van der Waals surface area contributed by atoms with Crippen LogP contribution < -0.4 is 0 Å². The molecule has 0 spiro atoms. The Hall–Kier alpha value is -0.610. The van der Waals surface area contributed by atoms with Crippen molar-refractivity contribution in [3.63, 3.8) is 0 Å². The standard InChI is InChI=1S/C3H6O.CH3Cl.CH2O2.CH4O/c1-3(2)4;1-2;2-1-3;1-2/h1-2H3;1H3;1H,(H,2,3);2H,1H3. The maximum Gasteiger partial charge on any atom is 0.290 e. The minimum absolute atomic E-state index is 0.167. The zero-order valence-corrected chi connectivity index (χ0v) is 7.92. The summed E-state index contributed by atoms with van der Waals surface area (Å²) in [6.45, 7) is 2.81. The lowest BCUT2D eigenvalue weighted by atomic mass is 10.6. The SMILES string of the molecule is CC(C)=O.CCl.CO.O=CO. The molecule has 0 bridgehead atoms. The summed E-state index contributed by atoms with van der Waals surface area (Å²) in [7, 11) is 1.00. The highest BCUT2D eigenvalue weighted by molar-refractivity contribution is 6.15. The van der Waals surface area contributed by atoms with Gasteiger partial charge in [0.25, 0.3) is 6.47 Å². The number of halogens is 1. The summed E-state index contributed by atoms with van der Waals surface area (Å²) in [6, 6.07) is 0. The van der Waals surface area contributed by atoms with Gasteiger partial charge in [0, 0.05) is 13.5 Å². The average Bonchev–Trinajstić information content (AvgIpc) is 1.96. The molecule has 0 atom stereocenters. The topological polar surface area (TPSA) is 74.6 Å². The van der Waals surface area contributed by atoms with Gasteiger partial charge in [-0.3, -0.25) is 4.79 Å². The van der Waals surface area contributed by atoms with E-state index in [9.17, 15) is 4.79 Å². The molecule has 0 heterocycles. The minimum atomic E-state index is -0.250. The molecular formula is C6H15ClO4. The van der Waals surface area contributed by atoms with Crippen LogP contribution in [-0.2, 0) is 9.59 Å². The third kappa shape index (κ3) is 1380. The molecule has 0 aromatic carbocycles. The van der Waals surface area contributed by atoms with Crippen molar-refractivity contribution in [2.45, 2.75) is 13.8 Å². The van der Waals surface area contributed by atoms with Gasteiger partial charge >= 0.3 is 0 Å². The summed E-state index contributed by atoms with van der Waals surface area (Å²) in [5, 5.41) is 13.9. The van der Waals surface area contributed by atoms with Crippen LogP contribution >= 0.6 is 11.6 Å². The van der Waals surface area contributed by atoms with Gasteiger partial charge < -0.3 is 15.0 Å². The lowest BCUT2D eigenvalue weighted by molar-refractivity contribution is -0.123. The van der Waals surface area contributed by atoms with Crippen LogP contribution in [0.25, 0.3) is 0 Å². The van der Waals surface area contributed by atoms with E-state index in [4.69, 9.17) is 15.0 Å². The number of Topliss-reactive ketones (excluding diaryl/α,β-unsaturated/α-hetero) is 1. The van der Waals surface area contributed by atoms with E-state index in [-0.39, 0.29) is 12.3 Å². The lowest BCUT2D eigenvalue weighted by Gasteiger charge is -1.56. The molecule has 11 heavy (non-hydrogen) atoms. The van der Waals surface area contributed by atoms with Crippen molar-refractivity contribution >= 4 is 23.9 Å². The van der Waals surface area contributed by atoms with Crippen molar-refractivity contribution in [2.75, 3.05) is 13.5 Å². The third-order valence-corrected chi connectivity index (χ3v) is 0. The van der Waals surface area contributed by atoms with Crippen LogP contribution in [0.5, 0.6) is 0 Å². The molecule has 0 aliphatic carbocycles. The van der Waals surface area contributed by atoms with Gasteiger partial charge in [-0.15, -0.1) is 11.6 Å². The first kappa shape index (κ1) is 22.4. The van der Waals surface area contributed by atoms with Crippen molar-refractivity contribution in [1.82, 2.24) is 0 Å². The van der Waals surface area contributed by atoms with Gasteiger partial charge in [0.2, 0.25) is 0 Å². The summed E-state index contributed by atoms with van der Waals surface area (Å²) in [6.07, 6.45) is 1.47. The molecular weight excluding hydrogens is 172 g/mol. The van der Waals surface area contributed by atoms with Crippen LogP contribution in [0.1, 0.15) is 13.8 Å². The molecule has 0 aliphatic rings. The van der Waals surface area contributed by atoms with E-state index in [1.54, 1.807) is 0 Å². The number of aliphatic hydroxyl groups excluding tert-OH is 1. The van der Waals surface area contributed by atoms with Crippen LogP contribution in [-0.4, -0.2) is 36.0 Å². The Morgan fingerprint density at radius 3 is 1.27 bits per heavy atom. The highest BCUT2D eigenvalue weighted by atomic mass is 35.5. The molecule has 0 radical (unpaired) electrons. The zero-order valence-electron chi connectivity index (χ0n) is 7.17. The van der Waals surface area contributed by atoms with E-state index < -0.39 is 0 Å². The maximum absolute atomic E-state index is 9.44. The lowest BCUT2D eigenvalue weighted by Crippen LogP contribution is -1.69. The second-order valence-electron chi connectivity index (χ2n) is 1.01. The Morgan fingerprint density at radius 1 is 1.27 bits per heavy atom. The number of ketones is 1. The van der Waals surface area contributed by atoms with Gasteiger partial charge in [-0.1, -0.05) is 0 Å². The number of hydrogen-bond donors (Lipinski definition) is 2. The molecule has 0 aliphatic heterocycles. The molecule has 5 heteroatoms. The zero-order chi connectivity index (χ0) is 10.3. The van der Waals surface area contributed by atoms with Crippen molar-refractivity contribution in [1.29, 1.82) is 0 Å². The third-order valence-electron chi connectivity index (χ3n) is 0. The fraction of sp³-hybridized carbons (Fsp3) is 0.667. The summed E-state index contributed by atoms with van der Waals surface area (Å²) in [5.41, 5.74) is 0. The first-order chi connectivity index (χ1) is 5.15. The highest BCUT2D eigenvalue weighted by Crippen LogP contribution is 1.50. The van der Waals surface area contributed by atoms with E-state index in [2.05, 4.69) is 11.6 Å². The summed E-state index contributed by atoms with van der Waals surface area (Å²) >= 11 is 4.64. The molecule has 0 aromatic heterocycles. The van der Waals surface area contributed by atoms with E-state index in [1.165, 1.54) is 20.2 Å². The second-order valence-corrected chi connectivity index (χ2v) is 1.01. The number of carboxylic acid groups (broad SMARTS) is 1. The summed E-state index contributed by atoms with van der Waals surface area (Å²) in [4.78, 5) is 17.8. The molecule has 0 rings (SSSR count). The average molecular weight is 187 g/mol. The van der Waals surface area contributed by atoms with Crippen LogP contribution in [0.15, 0.2) is 0 Å². The molecule has 4 nitrogen and oxygen atoms in total. The van der Waals surface area contributed by atoms with Crippen LogP contribution in [0, 0.1) is 0 Å². The number of hydrogen-bond acceptors (Lipinski definition) is 3. The summed E-state index contributed by atoms with van der Waals surface area (Å²) < 4.78 is 0. The molecule has 0 saturated carbocycles. The first-order valence-electron chi connectivity index (χ1n) is 2.52. The van der Waals surface area contributed by atoms with Gasteiger partial charge in [0.15, 0.2) is 0 Å². The van der Waals surface area contributed by atoms with E-state index in [1.807, 2.05) is 0 Å². The minimum Gasteiger partial charge on any atom is -0.483 e. The van der Waals surface area contributed by atoms with Crippen molar-refractivity contribution in [3.05, 3.63) is 0 Å². The monoisotopic (exact) mass is 186 g/mol. The van der Waals surface area contributed by atoms with Crippen molar-refractivity contribution in [3.8, 4) is 0 Å². The maximum atomic E-state index is 9.44. The van der Waals surface area contributed by atoms with Gasteiger partial charge in [0.05, 0.1) is 0 Å². The fourth-order valence-corrected chi connectivity index (χ4v) is 0. The summed E-state index contributed by atoms with van der Waals surface area (Å²) in [5.74, 6) is 0.167. The Morgan fingerprint density at radius 2 is 1.27 bits per heavy atom. The number of alkyl halides is 1.